The van der Waals surface area contributed by atoms with E-state index >= 15 is 0 Å². The maximum atomic E-state index is 12.7. The Hall–Kier alpha value is -2.91. The minimum atomic E-state index is -0.305. The van der Waals surface area contributed by atoms with Crippen molar-refractivity contribution in [2.75, 3.05) is 13.3 Å². The number of hydrogen-bond acceptors (Lipinski definition) is 6. The molecule has 9 heteroatoms. The van der Waals surface area contributed by atoms with Crippen molar-refractivity contribution in [1.82, 2.24) is 14.3 Å². The standard InChI is InChI=1S/C18H17FN4O3S/c19-5-12(6-20)7-23-18(24)22(10-21-23)8-15-3-14(9-27-15)13-1-2-16-17(4-13)26-11-25-16/h1-5,9-10H,6-8,11,20H2/b12-5+. The largest absolute Gasteiger partial charge is 0.454 e. The molecule has 0 fully saturated rings. The van der Waals surface area contributed by atoms with E-state index in [9.17, 15) is 9.18 Å². The van der Waals surface area contributed by atoms with E-state index in [-0.39, 0.29) is 25.6 Å². The van der Waals surface area contributed by atoms with Crippen LogP contribution >= 0.6 is 11.3 Å². The van der Waals surface area contributed by atoms with Crippen LogP contribution in [0.25, 0.3) is 11.1 Å². The molecule has 0 radical (unpaired) electrons. The van der Waals surface area contributed by atoms with E-state index in [4.69, 9.17) is 15.2 Å². The molecule has 0 unspecified atom stereocenters. The van der Waals surface area contributed by atoms with Gasteiger partial charge in [0.15, 0.2) is 11.5 Å². The second kappa shape index (κ2) is 7.37. The van der Waals surface area contributed by atoms with Crippen LogP contribution in [0.5, 0.6) is 11.5 Å². The minimum Gasteiger partial charge on any atom is -0.454 e. The van der Waals surface area contributed by atoms with Crippen LogP contribution in [0.15, 0.2) is 52.7 Å². The second-order valence-electron chi connectivity index (χ2n) is 6.04. The van der Waals surface area contributed by atoms with Crippen LogP contribution in [-0.2, 0) is 13.1 Å². The molecule has 27 heavy (non-hydrogen) atoms. The summed E-state index contributed by atoms with van der Waals surface area (Å²) in [5.74, 6) is 1.47. The fourth-order valence-corrected chi connectivity index (χ4v) is 3.67. The smallest absolute Gasteiger partial charge is 0.346 e. The van der Waals surface area contributed by atoms with E-state index < -0.39 is 0 Å². The number of hydrogen-bond donors (Lipinski definition) is 1. The highest BCUT2D eigenvalue weighted by Crippen LogP contribution is 2.37. The van der Waals surface area contributed by atoms with Crippen molar-refractivity contribution < 1.29 is 13.9 Å². The number of ether oxygens (including phenoxy) is 2. The summed E-state index contributed by atoms with van der Waals surface area (Å²) in [6.07, 6.45) is 1.87. The molecule has 1 aliphatic rings. The third-order valence-electron chi connectivity index (χ3n) is 4.25. The van der Waals surface area contributed by atoms with Crippen molar-refractivity contribution in [3.05, 3.63) is 63.2 Å². The van der Waals surface area contributed by atoms with Gasteiger partial charge in [-0.2, -0.15) is 5.10 Å². The number of aromatic nitrogens is 3. The summed E-state index contributed by atoms with van der Waals surface area (Å²) >= 11 is 1.55. The van der Waals surface area contributed by atoms with Crippen LogP contribution in [0.1, 0.15) is 4.88 Å². The highest BCUT2D eigenvalue weighted by atomic mass is 32.1. The number of nitrogens with zero attached hydrogens (tertiary/aromatic N) is 3. The van der Waals surface area contributed by atoms with Crippen molar-refractivity contribution in [2.24, 2.45) is 5.73 Å². The Balaban J connectivity index is 1.52. The molecule has 0 spiro atoms. The Bertz CT molecular complexity index is 1050. The van der Waals surface area contributed by atoms with Crippen molar-refractivity contribution in [3.8, 4) is 22.6 Å². The van der Waals surface area contributed by atoms with Gasteiger partial charge in [-0.1, -0.05) is 6.07 Å². The predicted molar refractivity (Wildman–Crippen MR) is 99.7 cm³/mol. The van der Waals surface area contributed by atoms with E-state index in [2.05, 4.69) is 5.10 Å². The van der Waals surface area contributed by atoms with Gasteiger partial charge in [0.05, 0.1) is 19.4 Å². The Labute approximate surface area is 158 Å². The van der Waals surface area contributed by atoms with Crippen LogP contribution in [0, 0.1) is 0 Å². The van der Waals surface area contributed by atoms with E-state index in [1.165, 1.54) is 15.6 Å². The van der Waals surface area contributed by atoms with Gasteiger partial charge in [0, 0.05) is 11.4 Å². The number of fused-ring (bicyclic) bond motifs is 1. The molecular weight excluding hydrogens is 371 g/mol. The van der Waals surface area contributed by atoms with Crippen LogP contribution in [-0.4, -0.2) is 27.7 Å². The maximum Gasteiger partial charge on any atom is 0.346 e. The second-order valence-corrected chi connectivity index (χ2v) is 7.04. The Morgan fingerprint density at radius 1 is 1.30 bits per heavy atom. The molecule has 0 saturated heterocycles. The molecule has 0 amide bonds. The first-order valence-corrected chi connectivity index (χ1v) is 9.14. The molecule has 1 aliphatic heterocycles. The number of thiophene rings is 1. The van der Waals surface area contributed by atoms with Crippen molar-refractivity contribution in [1.29, 1.82) is 0 Å². The lowest BCUT2D eigenvalue weighted by molar-refractivity contribution is 0.174. The zero-order valence-corrected chi connectivity index (χ0v) is 15.1. The van der Waals surface area contributed by atoms with Crippen LogP contribution in [0.3, 0.4) is 0 Å². The molecule has 4 rings (SSSR count). The van der Waals surface area contributed by atoms with E-state index in [1.54, 1.807) is 11.3 Å². The summed E-state index contributed by atoms with van der Waals surface area (Å²) in [5, 5.41) is 6.06. The van der Waals surface area contributed by atoms with Gasteiger partial charge in [0.25, 0.3) is 0 Å². The van der Waals surface area contributed by atoms with Gasteiger partial charge in [-0.05, 0) is 40.3 Å². The molecule has 3 heterocycles. The molecule has 2 aromatic heterocycles. The van der Waals surface area contributed by atoms with Crippen molar-refractivity contribution in [3.63, 3.8) is 0 Å². The lowest BCUT2D eigenvalue weighted by Crippen LogP contribution is -2.26. The zero-order valence-electron chi connectivity index (χ0n) is 14.3. The molecule has 7 nitrogen and oxygen atoms in total. The lowest BCUT2D eigenvalue weighted by Gasteiger charge is -2.01. The minimum absolute atomic E-state index is 0.0413. The van der Waals surface area contributed by atoms with Crippen LogP contribution < -0.4 is 20.9 Å². The number of benzene rings is 1. The summed E-state index contributed by atoms with van der Waals surface area (Å²) in [4.78, 5) is 13.4. The van der Waals surface area contributed by atoms with Gasteiger partial charge in [-0.25, -0.2) is 13.9 Å². The van der Waals surface area contributed by atoms with E-state index in [1.807, 2.05) is 29.6 Å². The molecule has 140 valence electrons. The van der Waals surface area contributed by atoms with Gasteiger partial charge in [0.1, 0.15) is 6.33 Å². The Morgan fingerprint density at radius 3 is 2.96 bits per heavy atom. The summed E-state index contributed by atoms with van der Waals surface area (Å²) in [7, 11) is 0. The Morgan fingerprint density at radius 2 is 2.15 bits per heavy atom. The topological polar surface area (TPSA) is 84.3 Å². The zero-order chi connectivity index (χ0) is 18.8. The predicted octanol–water partition coefficient (Wildman–Crippen LogP) is 2.36. The molecule has 0 saturated carbocycles. The highest BCUT2D eigenvalue weighted by molar-refractivity contribution is 7.10. The van der Waals surface area contributed by atoms with Crippen LogP contribution in [0.2, 0.25) is 0 Å². The van der Waals surface area contributed by atoms with Crippen LogP contribution in [0.4, 0.5) is 4.39 Å². The first-order valence-electron chi connectivity index (χ1n) is 8.26. The van der Waals surface area contributed by atoms with Gasteiger partial charge in [-0.15, -0.1) is 11.3 Å². The number of rotatable bonds is 6. The number of halogens is 1. The summed E-state index contributed by atoms with van der Waals surface area (Å²) in [5.41, 5.74) is 7.49. The van der Waals surface area contributed by atoms with E-state index in [0.29, 0.717) is 18.4 Å². The highest BCUT2D eigenvalue weighted by Gasteiger charge is 2.15. The molecular formula is C18H17FN4O3S. The molecule has 0 aliphatic carbocycles. The van der Waals surface area contributed by atoms with Crippen molar-refractivity contribution >= 4 is 11.3 Å². The molecule has 1 aromatic carbocycles. The molecule has 0 bridgehead atoms. The molecule has 3 aromatic rings. The fraction of sp³-hybridized carbons (Fsp3) is 0.222. The van der Waals surface area contributed by atoms with Gasteiger partial charge >= 0.3 is 5.69 Å². The summed E-state index contributed by atoms with van der Waals surface area (Å²) in [6.45, 7) is 0.723. The van der Waals surface area contributed by atoms with Crippen molar-refractivity contribution in [2.45, 2.75) is 13.1 Å². The third-order valence-corrected chi connectivity index (χ3v) is 5.17. The van der Waals surface area contributed by atoms with Gasteiger partial charge in [-0.3, -0.25) is 4.57 Å². The maximum absolute atomic E-state index is 12.7. The van der Waals surface area contributed by atoms with Gasteiger partial charge < -0.3 is 15.2 Å². The number of nitrogens with two attached hydrogens (primary N) is 1. The fourth-order valence-electron chi connectivity index (χ4n) is 2.78. The van der Waals surface area contributed by atoms with Gasteiger partial charge in [0.2, 0.25) is 6.79 Å². The molecule has 0 atom stereocenters. The third kappa shape index (κ3) is 3.51. The quantitative estimate of drug-likeness (QED) is 0.701. The summed E-state index contributed by atoms with van der Waals surface area (Å²) in [6, 6.07) is 7.83. The first-order chi connectivity index (χ1) is 13.2. The first kappa shape index (κ1) is 17.5. The summed E-state index contributed by atoms with van der Waals surface area (Å²) < 4.78 is 26.1. The molecule has 2 N–H and O–H groups in total. The SMILES string of the molecule is NC/C(=C\F)Cn1ncn(Cc2cc(-c3ccc4c(c3)OCO4)cs2)c1=O. The van der Waals surface area contributed by atoms with E-state index in [0.717, 1.165) is 27.5 Å². The average Bonchev–Trinajstić information content (AvgIpc) is 3.41. The average molecular weight is 388 g/mol. The Kier molecular flexibility index (Phi) is 4.78. The normalized spacial score (nSPS) is 13.3. The lowest BCUT2D eigenvalue weighted by atomic mass is 10.1. The monoisotopic (exact) mass is 388 g/mol.